The topological polar surface area (TPSA) is 104 Å². The Labute approximate surface area is 186 Å². The lowest BCUT2D eigenvalue weighted by molar-refractivity contribution is -0.127. The number of hydrogen-bond acceptors (Lipinski definition) is 5. The first-order valence-electron chi connectivity index (χ1n) is 10.5. The Morgan fingerprint density at radius 3 is 2.75 bits per heavy atom. The molecular weight excluding hydrogens is 406 g/mol. The first kappa shape index (κ1) is 21.4. The lowest BCUT2D eigenvalue weighted by Crippen LogP contribution is -2.38. The summed E-state index contributed by atoms with van der Waals surface area (Å²) in [5, 5.41) is 2.96. The number of carbonyl (C=O) groups excluding carboxylic acids is 2. The third kappa shape index (κ3) is 4.72. The summed E-state index contributed by atoms with van der Waals surface area (Å²) in [5.74, 6) is 0.634. The van der Waals surface area contributed by atoms with Gasteiger partial charge in [-0.15, -0.1) is 0 Å². The van der Waals surface area contributed by atoms with Gasteiger partial charge in [0.2, 0.25) is 11.8 Å². The van der Waals surface area contributed by atoms with Gasteiger partial charge in [-0.25, -0.2) is 4.98 Å². The van der Waals surface area contributed by atoms with Gasteiger partial charge in [0.15, 0.2) is 6.10 Å². The normalized spacial score (nSPS) is 14.3. The standard InChI is InChI=1S/C25H25N3O4/c1-31-19-9-7-16(8-10-19)4-3-12-27-24(30)22-15-21-20(11-13-28-25(21)32-22)17-5-2-6-18(14-17)23(26)29/h2,5-11,13-14,22H,3-4,12,15H2,1H3,(H2,26,29)(H,27,30). The highest BCUT2D eigenvalue weighted by molar-refractivity contribution is 5.94. The molecule has 3 N–H and O–H groups in total. The number of carbonyl (C=O) groups is 2. The smallest absolute Gasteiger partial charge is 0.261 e. The molecule has 164 valence electrons. The predicted octanol–water partition coefficient (Wildman–Crippen LogP) is 2.91. The first-order valence-corrected chi connectivity index (χ1v) is 10.5. The molecule has 1 aliphatic heterocycles. The monoisotopic (exact) mass is 431 g/mol. The minimum absolute atomic E-state index is 0.158. The quantitative estimate of drug-likeness (QED) is 0.534. The minimum atomic E-state index is -0.626. The van der Waals surface area contributed by atoms with Crippen molar-refractivity contribution in [1.29, 1.82) is 0 Å². The van der Waals surface area contributed by atoms with E-state index < -0.39 is 12.0 Å². The van der Waals surface area contributed by atoms with Crippen LogP contribution in [0.5, 0.6) is 11.6 Å². The van der Waals surface area contributed by atoms with Crippen LogP contribution in [0.1, 0.15) is 27.9 Å². The molecule has 1 unspecified atom stereocenters. The van der Waals surface area contributed by atoms with E-state index in [0.717, 1.165) is 35.3 Å². The van der Waals surface area contributed by atoms with E-state index in [1.807, 2.05) is 36.4 Å². The van der Waals surface area contributed by atoms with Crippen molar-refractivity contribution in [2.75, 3.05) is 13.7 Å². The fourth-order valence-electron chi connectivity index (χ4n) is 3.80. The molecule has 4 rings (SSSR count). The number of methoxy groups -OCH3 is 1. The molecule has 0 radical (unpaired) electrons. The molecule has 7 heteroatoms. The molecule has 1 atom stereocenters. The van der Waals surface area contributed by atoms with Crippen LogP contribution in [0.15, 0.2) is 60.8 Å². The second-order valence-electron chi connectivity index (χ2n) is 7.64. The largest absolute Gasteiger partial charge is 0.497 e. The zero-order chi connectivity index (χ0) is 22.5. The molecule has 2 heterocycles. The van der Waals surface area contributed by atoms with Crippen molar-refractivity contribution in [1.82, 2.24) is 10.3 Å². The third-order valence-electron chi connectivity index (χ3n) is 5.51. The van der Waals surface area contributed by atoms with E-state index in [9.17, 15) is 9.59 Å². The van der Waals surface area contributed by atoms with Gasteiger partial charge in [0.05, 0.1) is 7.11 Å². The molecule has 2 aromatic carbocycles. The van der Waals surface area contributed by atoms with Gasteiger partial charge in [-0.1, -0.05) is 24.3 Å². The van der Waals surface area contributed by atoms with Gasteiger partial charge >= 0.3 is 0 Å². The Morgan fingerprint density at radius 1 is 1.19 bits per heavy atom. The van der Waals surface area contributed by atoms with Crippen molar-refractivity contribution < 1.29 is 19.1 Å². The minimum Gasteiger partial charge on any atom is -0.497 e. The van der Waals surface area contributed by atoms with Crippen LogP contribution in [0.4, 0.5) is 0 Å². The Kier molecular flexibility index (Phi) is 6.35. The maximum absolute atomic E-state index is 12.7. The number of rotatable bonds is 8. The van der Waals surface area contributed by atoms with E-state index in [0.29, 0.717) is 24.4 Å². The van der Waals surface area contributed by atoms with E-state index in [1.54, 1.807) is 31.5 Å². The Balaban J connectivity index is 1.35. The van der Waals surface area contributed by atoms with Crippen molar-refractivity contribution in [2.45, 2.75) is 25.4 Å². The summed E-state index contributed by atoms with van der Waals surface area (Å²) < 4.78 is 11.0. The van der Waals surface area contributed by atoms with Crippen LogP contribution in [0.2, 0.25) is 0 Å². The van der Waals surface area contributed by atoms with E-state index >= 15 is 0 Å². The summed E-state index contributed by atoms with van der Waals surface area (Å²) >= 11 is 0. The number of pyridine rings is 1. The van der Waals surface area contributed by atoms with Crippen LogP contribution >= 0.6 is 0 Å². The second-order valence-corrected chi connectivity index (χ2v) is 7.64. The summed E-state index contributed by atoms with van der Waals surface area (Å²) in [6.07, 6.45) is 3.11. The molecule has 0 spiro atoms. The molecule has 0 saturated heterocycles. The number of fused-ring (bicyclic) bond motifs is 1. The lowest BCUT2D eigenvalue weighted by atomic mass is 9.97. The number of aryl methyl sites for hydroxylation is 1. The van der Waals surface area contributed by atoms with Gasteiger partial charge in [0, 0.05) is 30.3 Å². The van der Waals surface area contributed by atoms with Crippen LogP contribution in [-0.2, 0) is 17.6 Å². The van der Waals surface area contributed by atoms with Gasteiger partial charge in [0.25, 0.3) is 5.91 Å². The molecule has 7 nitrogen and oxygen atoms in total. The van der Waals surface area contributed by atoms with E-state index in [1.165, 1.54) is 5.56 Å². The molecule has 32 heavy (non-hydrogen) atoms. The van der Waals surface area contributed by atoms with Crippen LogP contribution in [0.25, 0.3) is 11.1 Å². The number of benzene rings is 2. The van der Waals surface area contributed by atoms with Gasteiger partial charge in [-0.05, 0) is 59.9 Å². The Hall–Kier alpha value is -3.87. The summed E-state index contributed by atoms with van der Waals surface area (Å²) in [6.45, 7) is 0.558. The number of hydrogen-bond donors (Lipinski definition) is 2. The zero-order valence-corrected chi connectivity index (χ0v) is 17.8. The highest BCUT2D eigenvalue weighted by Crippen LogP contribution is 2.35. The number of aromatic nitrogens is 1. The van der Waals surface area contributed by atoms with Crippen molar-refractivity contribution in [3.05, 3.63) is 77.5 Å². The predicted molar refractivity (Wildman–Crippen MR) is 121 cm³/mol. The number of nitrogens with zero attached hydrogens (tertiary/aromatic N) is 1. The van der Waals surface area contributed by atoms with E-state index in [-0.39, 0.29) is 5.91 Å². The molecule has 2 amide bonds. The fourth-order valence-corrected chi connectivity index (χ4v) is 3.80. The van der Waals surface area contributed by atoms with E-state index in [2.05, 4.69) is 10.3 Å². The average molecular weight is 431 g/mol. The van der Waals surface area contributed by atoms with Crippen molar-refractivity contribution in [2.24, 2.45) is 5.73 Å². The average Bonchev–Trinajstić information content (AvgIpc) is 3.27. The summed E-state index contributed by atoms with van der Waals surface area (Å²) in [5.41, 5.74) is 9.60. The van der Waals surface area contributed by atoms with Gasteiger partial charge in [0.1, 0.15) is 5.75 Å². The van der Waals surface area contributed by atoms with Gasteiger partial charge < -0.3 is 20.5 Å². The third-order valence-corrected chi connectivity index (χ3v) is 5.51. The molecule has 1 aromatic heterocycles. The maximum Gasteiger partial charge on any atom is 0.261 e. The Bertz CT molecular complexity index is 1130. The van der Waals surface area contributed by atoms with Crippen LogP contribution in [0, 0.1) is 0 Å². The lowest BCUT2D eigenvalue weighted by Gasteiger charge is -2.11. The van der Waals surface area contributed by atoms with Gasteiger partial charge in [-0.3, -0.25) is 9.59 Å². The van der Waals surface area contributed by atoms with E-state index in [4.69, 9.17) is 15.2 Å². The second kappa shape index (κ2) is 9.51. The number of primary amides is 1. The maximum atomic E-state index is 12.7. The number of amides is 2. The number of ether oxygens (including phenoxy) is 2. The molecule has 3 aromatic rings. The van der Waals surface area contributed by atoms with Crippen molar-refractivity contribution in [3.8, 4) is 22.8 Å². The van der Waals surface area contributed by atoms with Crippen molar-refractivity contribution in [3.63, 3.8) is 0 Å². The van der Waals surface area contributed by atoms with Crippen LogP contribution < -0.4 is 20.5 Å². The molecule has 0 saturated carbocycles. The van der Waals surface area contributed by atoms with Crippen LogP contribution in [0.3, 0.4) is 0 Å². The van der Waals surface area contributed by atoms with Crippen molar-refractivity contribution >= 4 is 11.8 Å². The fraction of sp³-hybridized carbons (Fsp3) is 0.240. The zero-order valence-electron chi connectivity index (χ0n) is 17.8. The molecule has 1 aliphatic rings. The first-order chi connectivity index (χ1) is 15.5. The summed E-state index contributed by atoms with van der Waals surface area (Å²) in [7, 11) is 1.64. The number of nitrogens with one attached hydrogen (secondary N) is 1. The Morgan fingerprint density at radius 2 is 2.00 bits per heavy atom. The molecule has 0 fully saturated rings. The highest BCUT2D eigenvalue weighted by atomic mass is 16.5. The number of nitrogens with two attached hydrogens (primary N) is 1. The molecule has 0 bridgehead atoms. The van der Waals surface area contributed by atoms with Crippen LogP contribution in [-0.4, -0.2) is 36.6 Å². The molecule has 0 aliphatic carbocycles. The summed E-state index contributed by atoms with van der Waals surface area (Å²) in [4.78, 5) is 28.5. The SMILES string of the molecule is COc1ccc(CCCNC(=O)C2Cc3c(-c4cccc(C(N)=O)c4)ccnc3O2)cc1. The van der Waals surface area contributed by atoms with Gasteiger partial charge in [-0.2, -0.15) is 0 Å². The summed E-state index contributed by atoms with van der Waals surface area (Å²) in [6, 6.07) is 16.9. The highest BCUT2D eigenvalue weighted by Gasteiger charge is 2.32. The molecular formula is C25H25N3O4.